The molecule has 108 valence electrons. The third-order valence-corrected chi connectivity index (χ3v) is 4.47. The lowest BCUT2D eigenvalue weighted by atomic mass is 10.1. The van der Waals surface area contributed by atoms with Gasteiger partial charge in [0.15, 0.2) is 0 Å². The maximum atomic E-state index is 12.0. The van der Waals surface area contributed by atoms with Gasteiger partial charge in [0.25, 0.3) is 0 Å². The largest absolute Gasteiger partial charge is 0.389 e. The van der Waals surface area contributed by atoms with Crippen LogP contribution < -0.4 is 4.72 Å². The van der Waals surface area contributed by atoms with E-state index in [0.29, 0.717) is 12.1 Å². The van der Waals surface area contributed by atoms with Gasteiger partial charge < -0.3 is 5.11 Å². The minimum Gasteiger partial charge on any atom is -0.389 e. The molecule has 0 amide bonds. The standard InChI is InChI=1S/C14H23NO3S/c1-3-4-5-6-11-15-19(17,18)14-9-7-13(8-10-14)12(2)16/h7-10,12,15-16H,3-6,11H2,1-2H3. The van der Waals surface area contributed by atoms with E-state index in [0.717, 1.165) is 25.7 Å². The molecule has 0 saturated carbocycles. The number of hydrogen-bond acceptors (Lipinski definition) is 3. The van der Waals surface area contributed by atoms with Gasteiger partial charge in [0.1, 0.15) is 0 Å². The summed E-state index contributed by atoms with van der Waals surface area (Å²) in [5, 5.41) is 9.38. The summed E-state index contributed by atoms with van der Waals surface area (Å²) in [6.07, 6.45) is 3.58. The molecule has 1 unspecified atom stereocenters. The molecule has 0 heterocycles. The van der Waals surface area contributed by atoms with Crippen LogP contribution in [-0.2, 0) is 10.0 Å². The maximum Gasteiger partial charge on any atom is 0.240 e. The van der Waals surface area contributed by atoms with Gasteiger partial charge in [0, 0.05) is 6.54 Å². The maximum absolute atomic E-state index is 12.0. The van der Waals surface area contributed by atoms with Gasteiger partial charge in [-0.3, -0.25) is 0 Å². The summed E-state index contributed by atoms with van der Waals surface area (Å²) in [4.78, 5) is 0.243. The Labute approximate surface area is 115 Å². The molecule has 1 aromatic carbocycles. The number of benzene rings is 1. The monoisotopic (exact) mass is 285 g/mol. The molecule has 0 aliphatic rings. The fourth-order valence-corrected chi connectivity index (χ4v) is 2.84. The first kappa shape index (κ1) is 16.1. The first-order chi connectivity index (χ1) is 8.97. The van der Waals surface area contributed by atoms with Crippen molar-refractivity contribution in [3.8, 4) is 0 Å². The zero-order chi connectivity index (χ0) is 14.3. The molecule has 0 saturated heterocycles. The number of hydrogen-bond donors (Lipinski definition) is 2. The Kier molecular flexibility index (Phi) is 6.48. The Morgan fingerprint density at radius 3 is 2.32 bits per heavy atom. The molecule has 0 aliphatic carbocycles. The molecule has 0 aromatic heterocycles. The molecule has 1 atom stereocenters. The number of unbranched alkanes of at least 4 members (excludes halogenated alkanes) is 3. The molecule has 0 aliphatic heterocycles. The molecule has 1 rings (SSSR count). The Morgan fingerprint density at radius 2 is 1.79 bits per heavy atom. The zero-order valence-electron chi connectivity index (χ0n) is 11.6. The van der Waals surface area contributed by atoms with E-state index < -0.39 is 16.1 Å². The van der Waals surface area contributed by atoms with Crippen molar-refractivity contribution in [3.05, 3.63) is 29.8 Å². The average Bonchev–Trinajstić information content (AvgIpc) is 2.38. The quantitative estimate of drug-likeness (QED) is 0.721. The van der Waals surface area contributed by atoms with Crippen LogP contribution in [0, 0.1) is 0 Å². The molecule has 5 heteroatoms. The second-order valence-corrected chi connectivity index (χ2v) is 6.47. The van der Waals surface area contributed by atoms with E-state index in [1.54, 1.807) is 19.1 Å². The van der Waals surface area contributed by atoms with Crippen LogP contribution in [0.3, 0.4) is 0 Å². The van der Waals surface area contributed by atoms with Gasteiger partial charge >= 0.3 is 0 Å². The highest BCUT2D eigenvalue weighted by molar-refractivity contribution is 7.89. The van der Waals surface area contributed by atoms with E-state index in [-0.39, 0.29) is 4.90 Å². The molecular formula is C14H23NO3S. The molecule has 1 aromatic rings. The van der Waals surface area contributed by atoms with Gasteiger partial charge in [-0.25, -0.2) is 13.1 Å². The minimum absolute atomic E-state index is 0.243. The van der Waals surface area contributed by atoms with E-state index in [9.17, 15) is 13.5 Å². The fourth-order valence-electron chi connectivity index (χ4n) is 1.77. The minimum atomic E-state index is -3.42. The van der Waals surface area contributed by atoms with Gasteiger partial charge in [0.05, 0.1) is 11.0 Å². The van der Waals surface area contributed by atoms with Gasteiger partial charge in [-0.15, -0.1) is 0 Å². The highest BCUT2D eigenvalue weighted by atomic mass is 32.2. The van der Waals surface area contributed by atoms with E-state index >= 15 is 0 Å². The molecule has 19 heavy (non-hydrogen) atoms. The number of aliphatic hydroxyl groups excluding tert-OH is 1. The van der Waals surface area contributed by atoms with Crippen molar-refractivity contribution in [1.29, 1.82) is 0 Å². The Bertz CT molecular complexity index is 466. The predicted molar refractivity (Wildman–Crippen MR) is 76.4 cm³/mol. The lowest BCUT2D eigenvalue weighted by Gasteiger charge is -2.08. The molecule has 0 fully saturated rings. The van der Waals surface area contributed by atoms with Crippen LogP contribution in [-0.4, -0.2) is 20.1 Å². The Balaban J connectivity index is 2.57. The third kappa shape index (κ3) is 5.30. The second kappa shape index (κ2) is 7.62. The van der Waals surface area contributed by atoms with Crippen LogP contribution in [0.25, 0.3) is 0 Å². The predicted octanol–water partition coefficient (Wildman–Crippen LogP) is 2.60. The number of rotatable bonds is 8. The summed E-state index contributed by atoms with van der Waals surface area (Å²) in [5.74, 6) is 0. The number of sulfonamides is 1. The van der Waals surface area contributed by atoms with Gasteiger partial charge in [-0.2, -0.15) is 0 Å². The number of nitrogens with one attached hydrogen (secondary N) is 1. The molecule has 4 nitrogen and oxygen atoms in total. The van der Waals surface area contributed by atoms with Crippen molar-refractivity contribution >= 4 is 10.0 Å². The fraction of sp³-hybridized carbons (Fsp3) is 0.571. The third-order valence-electron chi connectivity index (χ3n) is 3.00. The lowest BCUT2D eigenvalue weighted by Crippen LogP contribution is -2.24. The van der Waals surface area contributed by atoms with E-state index in [4.69, 9.17) is 0 Å². The normalized spacial score (nSPS) is 13.4. The second-order valence-electron chi connectivity index (χ2n) is 4.70. The average molecular weight is 285 g/mol. The number of aliphatic hydroxyl groups is 1. The van der Waals surface area contributed by atoms with Gasteiger partial charge in [-0.1, -0.05) is 38.3 Å². The van der Waals surface area contributed by atoms with Gasteiger partial charge in [-0.05, 0) is 31.0 Å². The van der Waals surface area contributed by atoms with Crippen LogP contribution in [0.4, 0.5) is 0 Å². The van der Waals surface area contributed by atoms with Crippen LogP contribution >= 0.6 is 0 Å². The van der Waals surface area contributed by atoms with Crippen LogP contribution in [0.5, 0.6) is 0 Å². The SMILES string of the molecule is CCCCCCNS(=O)(=O)c1ccc(C(C)O)cc1. The van der Waals surface area contributed by atoms with Crippen molar-refractivity contribution in [1.82, 2.24) is 4.72 Å². The summed E-state index contributed by atoms with van der Waals surface area (Å²) in [7, 11) is -3.42. The van der Waals surface area contributed by atoms with E-state index in [1.165, 1.54) is 12.1 Å². The molecule has 0 radical (unpaired) electrons. The van der Waals surface area contributed by atoms with E-state index in [2.05, 4.69) is 11.6 Å². The molecular weight excluding hydrogens is 262 g/mol. The first-order valence-electron chi connectivity index (χ1n) is 6.75. The summed E-state index contributed by atoms with van der Waals surface area (Å²) in [6.45, 7) is 4.24. The van der Waals surface area contributed by atoms with Crippen LogP contribution in [0.2, 0.25) is 0 Å². The van der Waals surface area contributed by atoms with Crippen molar-refractivity contribution in [2.75, 3.05) is 6.54 Å². The first-order valence-corrected chi connectivity index (χ1v) is 8.23. The molecule has 0 spiro atoms. The summed E-state index contributed by atoms with van der Waals surface area (Å²) >= 11 is 0. The van der Waals surface area contributed by atoms with Crippen molar-refractivity contribution in [3.63, 3.8) is 0 Å². The Hall–Kier alpha value is -0.910. The van der Waals surface area contributed by atoms with Crippen molar-refractivity contribution in [2.24, 2.45) is 0 Å². The van der Waals surface area contributed by atoms with Crippen molar-refractivity contribution in [2.45, 2.75) is 50.5 Å². The summed E-state index contributed by atoms with van der Waals surface area (Å²) in [6, 6.07) is 6.32. The molecule has 2 N–H and O–H groups in total. The van der Waals surface area contributed by atoms with Crippen molar-refractivity contribution < 1.29 is 13.5 Å². The lowest BCUT2D eigenvalue weighted by molar-refractivity contribution is 0.199. The Morgan fingerprint density at radius 1 is 1.16 bits per heavy atom. The van der Waals surface area contributed by atoms with E-state index in [1.807, 2.05) is 0 Å². The smallest absolute Gasteiger partial charge is 0.240 e. The topological polar surface area (TPSA) is 66.4 Å². The zero-order valence-corrected chi connectivity index (χ0v) is 12.4. The summed E-state index contributed by atoms with van der Waals surface area (Å²) in [5.41, 5.74) is 0.710. The van der Waals surface area contributed by atoms with Crippen LogP contribution in [0.1, 0.15) is 51.2 Å². The highest BCUT2D eigenvalue weighted by Gasteiger charge is 2.13. The molecule has 0 bridgehead atoms. The van der Waals surface area contributed by atoms with Gasteiger partial charge in [0.2, 0.25) is 10.0 Å². The van der Waals surface area contributed by atoms with Crippen LogP contribution in [0.15, 0.2) is 29.2 Å². The highest BCUT2D eigenvalue weighted by Crippen LogP contribution is 2.15. The summed E-state index contributed by atoms with van der Waals surface area (Å²) < 4.78 is 26.5.